The van der Waals surface area contributed by atoms with E-state index in [9.17, 15) is 9.18 Å². The number of rotatable bonds is 2. The summed E-state index contributed by atoms with van der Waals surface area (Å²) in [4.78, 5) is 15.0. The van der Waals surface area contributed by atoms with Gasteiger partial charge in [0, 0.05) is 16.8 Å². The van der Waals surface area contributed by atoms with E-state index in [-0.39, 0.29) is 11.1 Å². The first-order chi connectivity index (χ1) is 8.09. The summed E-state index contributed by atoms with van der Waals surface area (Å²) in [6, 6.07) is 7.48. The van der Waals surface area contributed by atoms with E-state index < -0.39 is 11.7 Å². The average Bonchev–Trinajstić information content (AvgIpc) is 2.29. The molecule has 0 unspecified atom stereocenters. The molecule has 0 spiro atoms. The van der Waals surface area contributed by atoms with E-state index >= 15 is 0 Å². The molecule has 17 heavy (non-hydrogen) atoms. The quantitative estimate of drug-likeness (QED) is 0.891. The van der Waals surface area contributed by atoms with Gasteiger partial charge in [0.2, 0.25) is 0 Å². The van der Waals surface area contributed by atoms with Crippen molar-refractivity contribution < 1.29 is 9.18 Å². The van der Waals surface area contributed by atoms with Crippen LogP contribution < -0.4 is 5.73 Å². The van der Waals surface area contributed by atoms with Crippen LogP contribution in [0.15, 0.2) is 36.5 Å². The predicted octanol–water partition coefficient (Wildman–Crippen LogP) is 2.64. The van der Waals surface area contributed by atoms with E-state index in [0.717, 1.165) is 0 Å². The van der Waals surface area contributed by atoms with Crippen molar-refractivity contribution in [3.8, 4) is 11.3 Å². The molecule has 0 fully saturated rings. The van der Waals surface area contributed by atoms with Gasteiger partial charge in [-0.3, -0.25) is 9.78 Å². The number of pyridine rings is 1. The molecule has 5 heteroatoms. The third-order valence-electron chi connectivity index (χ3n) is 2.26. The van der Waals surface area contributed by atoms with Gasteiger partial charge in [-0.25, -0.2) is 4.39 Å². The third kappa shape index (κ3) is 2.26. The van der Waals surface area contributed by atoms with Crippen LogP contribution in [0.5, 0.6) is 0 Å². The molecule has 0 aliphatic carbocycles. The number of nitrogens with zero attached hydrogens (tertiary/aromatic N) is 1. The zero-order chi connectivity index (χ0) is 12.4. The Hall–Kier alpha value is -1.94. The van der Waals surface area contributed by atoms with E-state index in [0.29, 0.717) is 10.7 Å². The second-order valence-electron chi connectivity index (χ2n) is 3.39. The van der Waals surface area contributed by atoms with Crippen LogP contribution in [-0.4, -0.2) is 10.9 Å². The zero-order valence-electron chi connectivity index (χ0n) is 8.65. The van der Waals surface area contributed by atoms with Crippen LogP contribution in [0.4, 0.5) is 4.39 Å². The normalized spacial score (nSPS) is 10.2. The summed E-state index contributed by atoms with van der Waals surface area (Å²) in [5.74, 6) is -1.50. The summed E-state index contributed by atoms with van der Waals surface area (Å²) in [5.41, 5.74) is 5.46. The molecule has 0 bridgehead atoms. The van der Waals surface area contributed by atoms with Gasteiger partial charge >= 0.3 is 0 Å². The maximum atomic E-state index is 14.0. The van der Waals surface area contributed by atoms with Gasteiger partial charge in [-0.15, -0.1) is 0 Å². The van der Waals surface area contributed by atoms with Crippen molar-refractivity contribution in [2.75, 3.05) is 0 Å². The molecule has 2 aromatic rings. The van der Waals surface area contributed by atoms with E-state index in [2.05, 4.69) is 4.98 Å². The van der Waals surface area contributed by atoms with Gasteiger partial charge in [0.1, 0.15) is 5.82 Å². The van der Waals surface area contributed by atoms with Crippen molar-refractivity contribution in [2.24, 2.45) is 5.73 Å². The smallest absolute Gasteiger partial charge is 0.251 e. The van der Waals surface area contributed by atoms with Gasteiger partial charge in [-0.05, 0) is 24.3 Å². The Bertz CT molecular complexity index is 586. The van der Waals surface area contributed by atoms with Crippen LogP contribution in [0, 0.1) is 5.82 Å². The minimum Gasteiger partial charge on any atom is -0.366 e. The first-order valence-electron chi connectivity index (χ1n) is 4.80. The highest BCUT2D eigenvalue weighted by atomic mass is 35.5. The van der Waals surface area contributed by atoms with Crippen LogP contribution in [0.3, 0.4) is 0 Å². The van der Waals surface area contributed by atoms with Crippen LogP contribution in [0.1, 0.15) is 10.4 Å². The molecular weight excluding hydrogens is 243 g/mol. The number of benzene rings is 1. The Morgan fingerprint density at radius 1 is 1.35 bits per heavy atom. The fraction of sp³-hybridized carbons (Fsp3) is 0. The lowest BCUT2D eigenvalue weighted by atomic mass is 10.1. The van der Waals surface area contributed by atoms with E-state index in [4.69, 9.17) is 17.3 Å². The maximum Gasteiger partial charge on any atom is 0.251 e. The molecule has 0 aliphatic rings. The van der Waals surface area contributed by atoms with Crippen molar-refractivity contribution in [3.05, 3.63) is 52.9 Å². The average molecular weight is 251 g/mol. The molecule has 1 aromatic carbocycles. The van der Waals surface area contributed by atoms with Crippen molar-refractivity contribution >= 4 is 17.5 Å². The molecule has 0 saturated heterocycles. The second kappa shape index (κ2) is 4.51. The van der Waals surface area contributed by atoms with E-state index in [1.165, 1.54) is 24.4 Å². The molecule has 0 atom stereocenters. The molecule has 3 nitrogen and oxygen atoms in total. The molecule has 86 valence electrons. The maximum absolute atomic E-state index is 14.0. The van der Waals surface area contributed by atoms with Crippen LogP contribution in [0.2, 0.25) is 5.02 Å². The van der Waals surface area contributed by atoms with Gasteiger partial charge < -0.3 is 5.73 Å². The topological polar surface area (TPSA) is 56.0 Å². The summed E-state index contributed by atoms with van der Waals surface area (Å²) in [5, 5.41) is 0.443. The Balaban J connectivity index is 2.60. The third-order valence-corrected chi connectivity index (χ3v) is 2.50. The van der Waals surface area contributed by atoms with Gasteiger partial charge in [0.05, 0.1) is 11.3 Å². The minimum absolute atomic E-state index is 0.163. The summed E-state index contributed by atoms with van der Waals surface area (Å²) in [7, 11) is 0. The lowest BCUT2D eigenvalue weighted by Gasteiger charge is -2.05. The SMILES string of the molecule is NC(=O)c1cccc(-c2cc(Cl)ccn2)c1F. The lowest BCUT2D eigenvalue weighted by Crippen LogP contribution is -2.13. The van der Waals surface area contributed by atoms with Gasteiger partial charge in [-0.1, -0.05) is 17.7 Å². The van der Waals surface area contributed by atoms with Crippen LogP contribution >= 0.6 is 11.6 Å². The highest BCUT2D eigenvalue weighted by molar-refractivity contribution is 6.30. The molecule has 0 radical (unpaired) electrons. The molecule has 1 amide bonds. The molecule has 2 rings (SSSR count). The number of primary amides is 1. The first kappa shape index (κ1) is 11.5. The Labute approximate surface area is 102 Å². The second-order valence-corrected chi connectivity index (χ2v) is 3.83. The Morgan fingerprint density at radius 3 is 2.76 bits per heavy atom. The number of carbonyl (C=O) groups is 1. The minimum atomic E-state index is -0.814. The standard InChI is InChI=1S/C12H8ClFN2O/c13-7-4-5-16-10(6-7)8-2-1-3-9(11(8)14)12(15)17/h1-6H,(H2,15,17). The number of hydrogen-bond donors (Lipinski definition) is 1. The van der Waals surface area contributed by atoms with Crippen LogP contribution in [0.25, 0.3) is 11.3 Å². The van der Waals surface area contributed by atoms with Crippen LogP contribution in [-0.2, 0) is 0 Å². The summed E-state index contributed by atoms with van der Waals surface area (Å²) < 4.78 is 14.0. The Morgan fingerprint density at radius 2 is 2.12 bits per heavy atom. The van der Waals surface area contributed by atoms with Crippen molar-refractivity contribution in [1.29, 1.82) is 0 Å². The number of halogens is 2. The number of carbonyl (C=O) groups excluding carboxylic acids is 1. The largest absolute Gasteiger partial charge is 0.366 e. The summed E-state index contributed by atoms with van der Waals surface area (Å²) >= 11 is 5.80. The number of amides is 1. The van der Waals surface area contributed by atoms with E-state index in [1.807, 2.05) is 0 Å². The molecule has 0 aliphatic heterocycles. The van der Waals surface area contributed by atoms with E-state index in [1.54, 1.807) is 12.1 Å². The first-order valence-corrected chi connectivity index (χ1v) is 5.17. The molecule has 0 saturated carbocycles. The highest BCUT2D eigenvalue weighted by Crippen LogP contribution is 2.24. The van der Waals surface area contributed by atoms with Crippen molar-refractivity contribution in [3.63, 3.8) is 0 Å². The van der Waals surface area contributed by atoms with Crippen molar-refractivity contribution in [2.45, 2.75) is 0 Å². The summed E-state index contributed by atoms with van der Waals surface area (Å²) in [6.07, 6.45) is 1.47. The number of aromatic nitrogens is 1. The van der Waals surface area contributed by atoms with Crippen molar-refractivity contribution in [1.82, 2.24) is 4.98 Å². The number of nitrogens with two attached hydrogens (primary N) is 1. The molecule has 1 heterocycles. The summed E-state index contributed by atoms with van der Waals surface area (Å²) in [6.45, 7) is 0. The Kier molecular flexibility index (Phi) is 3.06. The monoisotopic (exact) mass is 250 g/mol. The fourth-order valence-corrected chi connectivity index (χ4v) is 1.63. The van der Waals surface area contributed by atoms with Gasteiger partial charge in [0.15, 0.2) is 0 Å². The highest BCUT2D eigenvalue weighted by Gasteiger charge is 2.14. The molecular formula is C12H8ClFN2O. The molecule has 2 N–H and O–H groups in total. The fourth-order valence-electron chi connectivity index (χ4n) is 1.47. The predicted molar refractivity (Wildman–Crippen MR) is 63.2 cm³/mol. The lowest BCUT2D eigenvalue weighted by molar-refractivity contribution is 0.0996. The van der Waals surface area contributed by atoms with Gasteiger partial charge in [-0.2, -0.15) is 0 Å². The molecule has 1 aromatic heterocycles. The zero-order valence-corrected chi connectivity index (χ0v) is 9.41. The number of hydrogen-bond acceptors (Lipinski definition) is 2. The van der Waals surface area contributed by atoms with Gasteiger partial charge in [0.25, 0.3) is 5.91 Å².